The molecule has 2 unspecified atom stereocenters. The molecule has 3 aromatic rings. The molecule has 3 aromatic heterocycles. The van der Waals surface area contributed by atoms with Gasteiger partial charge in [-0.05, 0) is 63.4 Å². The molecule has 5 rings (SSSR count). The Balaban J connectivity index is 1.68. The molecular weight excluding hydrogens is 583 g/mol. The van der Waals surface area contributed by atoms with Crippen LogP contribution in [0.15, 0.2) is 47.5 Å². The quantitative estimate of drug-likeness (QED) is 0.174. The van der Waals surface area contributed by atoms with Gasteiger partial charge >= 0.3 is 0 Å². The summed E-state index contributed by atoms with van der Waals surface area (Å²) < 4.78 is 9.74. The van der Waals surface area contributed by atoms with Gasteiger partial charge < -0.3 is 10.1 Å². The Hall–Kier alpha value is -2.37. The number of thioether (sulfide) groups is 2. The smallest absolute Gasteiger partial charge is 0.249 e. The monoisotopic (exact) mass is 623 g/mol. The predicted molar refractivity (Wildman–Crippen MR) is 180 cm³/mol. The third kappa shape index (κ3) is 5.88. The van der Waals surface area contributed by atoms with E-state index in [0.29, 0.717) is 18.4 Å². The summed E-state index contributed by atoms with van der Waals surface area (Å²) in [7, 11) is 3.69. The van der Waals surface area contributed by atoms with Crippen molar-refractivity contribution in [3.8, 4) is 0 Å². The SMILES string of the molecule is C=CC1S/C(c2nc3sc(CCCNC)cc3n2COC)=C(/C(=C)C)C/C(=C\CC)c2nc3c(n2C1=O)CC(CC)S3. The lowest BCUT2D eigenvalue weighted by Gasteiger charge is -2.19. The summed E-state index contributed by atoms with van der Waals surface area (Å²) in [6.45, 7) is 16.2. The molecule has 0 amide bonds. The van der Waals surface area contributed by atoms with E-state index in [2.05, 4.69) is 49.0 Å². The van der Waals surface area contributed by atoms with Crippen LogP contribution in [0, 0.1) is 0 Å². The first-order valence-electron chi connectivity index (χ1n) is 14.7. The average Bonchev–Trinajstić information content (AvgIpc) is 3.72. The molecule has 0 radical (unpaired) electrons. The zero-order valence-corrected chi connectivity index (χ0v) is 27.7. The lowest BCUT2D eigenvalue weighted by Crippen LogP contribution is -2.26. The Morgan fingerprint density at radius 2 is 2.07 bits per heavy atom. The number of rotatable bonds is 11. The Morgan fingerprint density at radius 3 is 2.74 bits per heavy atom. The van der Waals surface area contributed by atoms with Crippen molar-refractivity contribution in [2.75, 3.05) is 20.7 Å². The number of imidazole rings is 2. The number of nitrogens with zero attached hydrogens (tertiary/aromatic N) is 4. The minimum atomic E-state index is -0.513. The number of carbonyl (C=O) groups excluding carboxylic acids is 1. The largest absolute Gasteiger partial charge is 0.364 e. The van der Waals surface area contributed by atoms with Gasteiger partial charge in [0.1, 0.15) is 27.7 Å². The fourth-order valence-corrected chi connectivity index (χ4v) is 9.03. The Kier molecular flexibility index (Phi) is 9.99. The molecule has 0 spiro atoms. The van der Waals surface area contributed by atoms with Gasteiger partial charge in [0.25, 0.3) is 0 Å². The molecule has 1 N–H and O–H groups in total. The molecular formula is C32H41N5O2S3. The molecule has 0 bridgehead atoms. The van der Waals surface area contributed by atoms with Crippen LogP contribution in [0.2, 0.25) is 0 Å². The number of hydrogen-bond donors (Lipinski definition) is 1. The molecule has 0 aromatic carbocycles. The van der Waals surface area contributed by atoms with Crippen molar-refractivity contribution in [2.45, 2.75) is 81.6 Å². The molecule has 2 atom stereocenters. The minimum absolute atomic E-state index is 0.00273. The van der Waals surface area contributed by atoms with Crippen LogP contribution >= 0.6 is 34.9 Å². The minimum Gasteiger partial charge on any atom is -0.364 e. The fraction of sp³-hybridized carbons (Fsp3) is 0.469. The van der Waals surface area contributed by atoms with Gasteiger partial charge in [-0.3, -0.25) is 13.9 Å². The third-order valence-corrected chi connectivity index (χ3v) is 11.5. The number of fused-ring (bicyclic) bond motifs is 4. The highest BCUT2D eigenvalue weighted by molar-refractivity contribution is 8.09. The van der Waals surface area contributed by atoms with E-state index >= 15 is 0 Å². The standard InChI is InChI=1S/C32H41N5O2S3/c1-8-12-20-15-23(19(4)5)27(29-35-30-24(36(29)18-39-7)17-22(41-30)13-11-14-33-6)42-26(10-3)32(38)37-25-16-21(9-2)40-31(25)34-28(20)37/h10,12,17,21,26,33H,3-4,8-9,11,13-16,18H2,1-2,5-7H3/b20-12+,27-23+. The highest BCUT2D eigenvalue weighted by Crippen LogP contribution is 2.46. The van der Waals surface area contributed by atoms with Gasteiger partial charge in [0.15, 0.2) is 5.82 Å². The molecule has 224 valence electrons. The van der Waals surface area contributed by atoms with Crippen LogP contribution in [0.25, 0.3) is 20.8 Å². The second-order valence-electron chi connectivity index (χ2n) is 10.8. The number of methoxy groups -OCH3 is 1. The maximum absolute atomic E-state index is 14.4. The van der Waals surface area contributed by atoms with E-state index in [9.17, 15) is 4.79 Å². The topological polar surface area (TPSA) is 74.0 Å². The van der Waals surface area contributed by atoms with E-state index in [0.717, 1.165) is 93.0 Å². The summed E-state index contributed by atoms with van der Waals surface area (Å²) in [5.41, 5.74) is 5.16. The summed E-state index contributed by atoms with van der Waals surface area (Å²) in [6, 6.07) is 2.24. The van der Waals surface area contributed by atoms with Gasteiger partial charge in [0, 0.05) is 30.1 Å². The summed E-state index contributed by atoms with van der Waals surface area (Å²) in [4.78, 5) is 27.9. The van der Waals surface area contributed by atoms with Gasteiger partial charge in [-0.1, -0.05) is 38.2 Å². The van der Waals surface area contributed by atoms with Gasteiger partial charge in [-0.2, -0.15) is 0 Å². The summed E-state index contributed by atoms with van der Waals surface area (Å²) >= 11 is 5.05. The lowest BCUT2D eigenvalue weighted by molar-refractivity contribution is 0.0919. The first kappa shape index (κ1) is 31.1. The molecule has 7 nitrogen and oxygen atoms in total. The van der Waals surface area contributed by atoms with Crippen LogP contribution in [0.4, 0.5) is 0 Å². The number of aryl methyl sites for hydroxylation is 1. The number of hydrogen-bond acceptors (Lipinski definition) is 8. The van der Waals surface area contributed by atoms with Crippen molar-refractivity contribution in [1.82, 2.24) is 24.4 Å². The van der Waals surface area contributed by atoms with Crippen LogP contribution in [0.5, 0.6) is 0 Å². The van der Waals surface area contributed by atoms with Gasteiger partial charge in [-0.15, -0.1) is 41.4 Å². The highest BCUT2D eigenvalue weighted by atomic mass is 32.2. The van der Waals surface area contributed by atoms with E-state index in [1.54, 1.807) is 36.3 Å². The van der Waals surface area contributed by atoms with E-state index in [1.165, 1.54) is 16.6 Å². The van der Waals surface area contributed by atoms with E-state index in [1.807, 2.05) is 18.5 Å². The van der Waals surface area contributed by atoms with Crippen molar-refractivity contribution >= 4 is 61.6 Å². The number of allylic oxidation sites excluding steroid dienone is 4. The molecule has 0 saturated carbocycles. The summed E-state index contributed by atoms with van der Waals surface area (Å²) in [5.74, 6) is 1.57. The van der Waals surface area contributed by atoms with Crippen LogP contribution in [0.3, 0.4) is 0 Å². The van der Waals surface area contributed by atoms with Crippen LogP contribution in [0.1, 0.15) is 73.5 Å². The first-order valence-corrected chi connectivity index (χ1v) is 17.3. The van der Waals surface area contributed by atoms with Crippen molar-refractivity contribution < 1.29 is 9.53 Å². The van der Waals surface area contributed by atoms with Crippen LogP contribution < -0.4 is 5.32 Å². The van der Waals surface area contributed by atoms with Gasteiger partial charge in [0.05, 0.1) is 16.1 Å². The summed E-state index contributed by atoms with van der Waals surface area (Å²) in [6.07, 6.45) is 9.40. The molecule has 2 aliphatic rings. The third-order valence-electron chi connectivity index (χ3n) is 7.72. The second-order valence-corrected chi connectivity index (χ2v) is 14.3. The highest BCUT2D eigenvalue weighted by Gasteiger charge is 2.36. The zero-order valence-electron chi connectivity index (χ0n) is 25.3. The molecule has 42 heavy (non-hydrogen) atoms. The van der Waals surface area contributed by atoms with Crippen LogP contribution in [-0.4, -0.2) is 56.2 Å². The van der Waals surface area contributed by atoms with E-state index < -0.39 is 5.25 Å². The maximum atomic E-state index is 14.4. The number of ether oxygens (including phenoxy) is 1. The summed E-state index contributed by atoms with van der Waals surface area (Å²) in [5, 5.41) is 4.16. The molecule has 0 aliphatic carbocycles. The normalized spacial score (nSPS) is 21.8. The van der Waals surface area contributed by atoms with Crippen molar-refractivity contribution in [3.05, 3.63) is 64.7 Å². The van der Waals surface area contributed by atoms with Crippen molar-refractivity contribution in [1.29, 1.82) is 0 Å². The average molecular weight is 624 g/mol. The Bertz CT molecular complexity index is 1570. The molecule has 2 aliphatic heterocycles. The molecule has 5 heterocycles. The predicted octanol–water partition coefficient (Wildman–Crippen LogP) is 7.59. The Morgan fingerprint density at radius 1 is 1.26 bits per heavy atom. The Labute approximate surface area is 261 Å². The number of thiophene rings is 1. The van der Waals surface area contributed by atoms with Gasteiger partial charge in [-0.25, -0.2) is 9.97 Å². The zero-order chi connectivity index (χ0) is 30.0. The first-order chi connectivity index (χ1) is 20.3. The maximum Gasteiger partial charge on any atom is 0.249 e. The van der Waals surface area contributed by atoms with Crippen molar-refractivity contribution in [2.24, 2.45) is 0 Å². The van der Waals surface area contributed by atoms with Gasteiger partial charge in [0.2, 0.25) is 5.91 Å². The fourth-order valence-electron chi connectivity index (χ4n) is 5.58. The molecule has 10 heteroatoms. The van der Waals surface area contributed by atoms with Crippen molar-refractivity contribution in [3.63, 3.8) is 0 Å². The molecule has 0 saturated heterocycles. The number of aromatic nitrogens is 4. The van der Waals surface area contributed by atoms with E-state index in [4.69, 9.17) is 14.7 Å². The van der Waals surface area contributed by atoms with Crippen LogP contribution in [-0.2, 0) is 24.3 Å². The number of nitrogens with one attached hydrogen (secondary N) is 1. The molecule has 0 fully saturated rings. The van der Waals surface area contributed by atoms with E-state index in [-0.39, 0.29) is 5.91 Å². The second kappa shape index (κ2) is 13.5. The number of carbonyl (C=O) groups is 1. The lowest BCUT2D eigenvalue weighted by atomic mass is 9.97.